The molecular formula is C27H22N4O4S. The number of amides is 2. The molecule has 8 nitrogen and oxygen atoms in total. The van der Waals surface area contributed by atoms with Gasteiger partial charge in [-0.05, 0) is 38.1 Å². The van der Waals surface area contributed by atoms with Gasteiger partial charge in [0.1, 0.15) is 11.8 Å². The molecule has 2 aromatic heterocycles. The molecule has 0 spiro atoms. The molecule has 3 aromatic carbocycles. The van der Waals surface area contributed by atoms with Crippen LogP contribution in [-0.2, 0) is 4.79 Å². The average molecular weight is 499 g/mol. The third kappa shape index (κ3) is 4.44. The number of hydrogen-bond acceptors (Lipinski definition) is 7. The maximum absolute atomic E-state index is 13.0. The minimum atomic E-state index is -0.663. The first-order valence-electron chi connectivity index (χ1n) is 11.3. The molecule has 2 amide bonds. The predicted molar refractivity (Wildman–Crippen MR) is 141 cm³/mol. The van der Waals surface area contributed by atoms with Crippen molar-refractivity contribution in [1.29, 1.82) is 0 Å². The molecule has 0 aliphatic carbocycles. The van der Waals surface area contributed by atoms with Crippen LogP contribution in [0.15, 0.2) is 82.0 Å². The fourth-order valence-corrected chi connectivity index (χ4v) is 4.78. The van der Waals surface area contributed by atoms with E-state index in [1.807, 2.05) is 54.6 Å². The Bertz CT molecular complexity index is 1630. The number of nitrogens with one attached hydrogen (secondary N) is 3. The largest absolute Gasteiger partial charge is 0.455 e. The predicted octanol–water partition coefficient (Wildman–Crippen LogP) is 4.64. The third-order valence-electron chi connectivity index (χ3n) is 5.75. The number of aromatic nitrogens is 1. The summed E-state index contributed by atoms with van der Waals surface area (Å²) in [5.41, 5.74) is 6.94. The van der Waals surface area contributed by atoms with Crippen molar-refractivity contribution >= 4 is 49.5 Å². The fourth-order valence-electron chi connectivity index (χ4n) is 3.83. The highest BCUT2D eigenvalue weighted by Crippen LogP contribution is 2.28. The zero-order valence-corrected chi connectivity index (χ0v) is 20.3. The molecule has 5 rings (SSSR count). The highest BCUT2D eigenvalue weighted by molar-refractivity contribution is 7.22. The quantitative estimate of drug-likeness (QED) is 0.304. The molecule has 2 heterocycles. The molecule has 9 heteroatoms. The van der Waals surface area contributed by atoms with Crippen LogP contribution < -0.4 is 21.6 Å². The molecule has 0 bridgehead atoms. The molecule has 0 saturated carbocycles. The number of thiazole rings is 1. The van der Waals surface area contributed by atoms with Gasteiger partial charge in [-0.15, -0.1) is 0 Å². The zero-order valence-electron chi connectivity index (χ0n) is 19.5. The van der Waals surface area contributed by atoms with Crippen molar-refractivity contribution in [3.63, 3.8) is 0 Å². The highest BCUT2D eigenvalue weighted by atomic mass is 32.1. The molecule has 180 valence electrons. The van der Waals surface area contributed by atoms with Crippen LogP contribution in [0.4, 0.5) is 5.13 Å². The summed E-state index contributed by atoms with van der Waals surface area (Å²) in [6, 6.07) is 21.0. The van der Waals surface area contributed by atoms with Crippen LogP contribution in [0, 0.1) is 6.92 Å². The van der Waals surface area contributed by atoms with Gasteiger partial charge in [-0.2, -0.15) is 0 Å². The Morgan fingerprint density at radius 1 is 0.944 bits per heavy atom. The highest BCUT2D eigenvalue weighted by Gasteiger charge is 2.20. The molecular weight excluding hydrogens is 476 g/mol. The van der Waals surface area contributed by atoms with Crippen molar-refractivity contribution in [2.75, 3.05) is 5.32 Å². The first-order chi connectivity index (χ1) is 17.4. The molecule has 3 N–H and O–H groups in total. The fraction of sp³-hybridized carbons (Fsp3) is 0.111. The second-order valence-electron chi connectivity index (χ2n) is 8.23. The molecule has 1 atom stereocenters. The molecule has 0 radical (unpaired) electrons. The Morgan fingerprint density at radius 3 is 2.47 bits per heavy atom. The van der Waals surface area contributed by atoms with Gasteiger partial charge in [0, 0.05) is 11.1 Å². The average Bonchev–Trinajstić information content (AvgIpc) is 3.31. The number of hydrogen-bond donors (Lipinski definition) is 3. The first kappa shape index (κ1) is 23.3. The SMILES string of the molecule is Cc1c(-c2ccccc2)oc2c(C(=O)NNC(=O)[C@H](C)Nc3nc4ccccc4s3)cccc2c1=O. The number of nitrogens with zero attached hydrogens (tertiary/aromatic N) is 1. The Kier molecular flexibility index (Phi) is 6.22. The van der Waals surface area contributed by atoms with Crippen LogP contribution in [0.1, 0.15) is 22.8 Å². The van der Waals surface area contributed by atoms with Crippen LogP contribution in [-0.4, -0.2) is 22.8 Å². The van der Waals surface area contributed by atoms with E-state index < -0.39 is 17.9 Å². The number of carbonyl (C=O) groups excluding carboxylic acids is 2. The van der Waals surface area contributed by atoms with E-state index in [9.17, 15) is 14.4 Å². The van der Waals surface area contributed by atoms with Crippen molar-refractivity contribution in [2.24, 2.45) is 0 Å². The number of rotatable bonds is 5. The van der Waals surface area contributed by atoms with E-state index in [4.69, 9.17) is 4.42 Å². The molecule has 36 heavy (non-hydrogen) atoms. The van der Waals surface area contributed by atoms with E-state index >= 15 is 0 Å². The van der Waals surface area contributed by atoms with Crippen molar-refractivity contribution < 1.29 is 14.0 Å². The summed E-state index contributed by atoms with van der Waals surface area (Å²) in [4.78, 5) is 43.1. The summed E-state index contributed by atoms with van der Waals surface area (Å²) < 4.78 is 7.08. The molecule has 5 aromatic rings. The molecule has 0 fully saturated rings. The van der Waals surface area contributed by atoms with Gasteiger partial charge in [-0.1, -0.05) is 59.9 Å². The van der Waals surface area contributed by atoms with Crippen LogP contribution in [0.3, 0.4) is 0 Å². The summed E-state index contributed by atoms with van der Waals surface area (Å²) in [6.45, 7) is 3.36. The summed E-state index contributed by atoms with van der Waals surface area (Å²) in [7, 11) is 0. The van der Waals surface area contributed by atoms with E-state index in [1.54, 1.807) is 32.0 Å². The van der Waals surface area contributed by atoms with Crippen molar-refractivity contribution in [3.05, 3.63) is 94.1 Å². The van der Waals surface area contributed by atoms with Crippen LogP contribution in [0.2, 0.25) is 0 Å². The van der Waals surface area contributed by atoms with Gasteiger partial charge in [-0.25, -0.2) is 4.98 Å². The first-order valence-corrected chi connectivity index (χ1v) is 12.1. The van der Waals surface area contributed by atoms with Gasteiger partial charge in [-0.3, -0.25) is 25.2 Å². The lowest BCUT2D eigenvalue weighted by Crippen LogP contribution is -2.47. The van der Waals surface area contributed by atoms with Crippen molar-refractivity contribution in [1.82, 2.24) is 15.8 Å². The number of fused-ring (bicyclic) bond motifs is 2. The minimum Gasteiger partial charge on any atom is -0.455 e. The lowest BCUT2D eigenvalue weighted by Gasteiger charge is -2.14. The van der Waals surface area contributed by atoms with Gasteiger partial charge >= 0.3 is 0 Å². The summed E-state index contributed by atoms with van der Waals surface area (Å²) in [5.74, 6) is -0.664. The zero-order chi connectivity index (χ0) is 25.2. The topological polar surface area (TPSA) is 113 Å². The van der Waals surface area contributed by atoms with Gasteiger partial charge in [0.05, 0.1) is 21.2 Å². The van der Waals surface area contributed by atoms with Gasteiger partial charge in [0.2, 0.25) is 0 Å². The van der Waals surface area contributed by atoms with Crippen LogP contribution in [0.25, 0.3) is 32.5 Å². The van der Waals surface area contributed by atoms with Crippen LogP contribution >= 0.6 is 11.3 Å². The Hall–Kier alpha value is -4.50. The summed E-state index contributed by atoms with van der Waals surface area (Å²) in [6.07, 6.45) is 0. The number of anilines is 1. The second-order valence-corrected chi connectivity index (χ2v) is 9.26. The minimum absolute atomic E-state index is 0.133. The normalized spacial score (nSPS) is 11.8. The maximum Gasteiger partial charge on any atom is 0.273 e. The Morgan fingerprint density at radius 2 is 1.69 bits per heavy atom. The van der Waals surface area contributed by atoms with Crippen molar-refractivity contribution in [2.45, 2.75) is 19.9 Å². The number of hydrazine groups is 1. The van der Waals surface area contributed by atoms with Crippen LogP contribution in [0.5, 0.6) is 0 Å². The van der Waals surface area contributed by atoms with E-state index in [2.05, 4.69) is 21.2 Å². The Labute approximate surface area is 210 Å². The molecule has 0 aliphatic heterocycles. The monoisotopic (exact) mass is 498 g/mol. The molecule has 0 unspecified atom stereocenters. The maximum atomic E-state index is 13.0. The van der Waals surface area contributed by atoms with E-state index in [0.29, 0.717) is 16.5 Å². The lowest BCUT2D eigenvalue weighted by molar-refractivity contribution is -0.122. The molecule has 0 aliphatic rings. The summed E-state index contributed by atoms with van der Waals surface area (Å²) >= 11 is 1.44. The van der Waals surface area contributed by atoms with Gasteiger partial charge in [0.15, 0.2) is 16.1 Å². The smallest absolute Gasteiger partial charge is 0.273 e. The van der Waals surface area contributed by atoms with Crippen molar-refractivity contribution in [3.8, 4) is 11.3 Å². The number of benzene rings is 3. The third-order valence-corrected chi connectivity index (χ3v) is 6.72. The lowest BCUT2D eigenvalue weighted by atomic mass is 10.0. The van der Waals surface area contributed by atoms with Gasteiger partial charge in [0.25, 0.3) is 11.8 Å². The van der Waals surface area contributed by atoms with E-state index in [-0.39, 0.29) is 22.0 Å². The van der Waals surface area contributed by atoms with E-state index in [1.165, 1.54) is 11.3 Å². The molecule has 0 saturated heterocycles. The summed E-state index contributed by atoms with van der Waals surface area (Å²) in [5, 5.41) is 3.94. The standard InChI is InChI=1S/C27H22N4O4S/c1-15-22(32)18-11-8-12-19(24(18)35-23(15)17-9-4-3-5-10-17)26(34)31-30-25(33)16(2)28-27-29-20-13-6-7-14-21(20)36-27/h3-14,16H,1-2H3,(H,28,29)(H,30,33)(H,31,34)/t16-/m0/s1. The van der Waals surface area contributed by atoms with Gasteiger partial charge < -0.3 is 9.73 Å². The number of carbonyl (C=O) groups is 2. The van der Waals surface area contributed by atoms with E-state index in [0.717, 1.165) is 15.8 Å². The number of para-hydroxylation sites is 2. The Balaban J connectivity index is 1.34. The second kappa shape index (κ2) is 9.63.